The van der Waals surface area contributed by atoms with E-state index in [4.69, 9.17) is 0 Å². The molecule has 0 spiro atoms. The molecule has 4 heterocycles. The van der Waals surface area contributed by atoms with Crippen molar-refractivity contribution in [3.63, 3.8) is 0 Å². The zero-order valence-electron chi connectivity index (χ0n) is 14.7. The van der Waals surface area contributed by atoms with E-state index in [-0.39, 0.29) is 5.91 Å². The summed E-state index contributed by atoms with van der Waals surface area (Å²) in [6.07, 6.45) is 7.63. The van der Waals surface area contributed by atoms with E-state index in [0.29, 0.717) is 12.3 Å². The first-order chi connectivity index (χ1) is 12.3. The number of aliphatic imine (C=N–C) groups is 1. The summed E-state index contributed by atoms with van der Waals surface area (Å²) < 4.78 is 2.20. The number of piperidine rings is 1. The number of hydrogen-bond donors (Lipinski definition) is 0. The van der Waals surface area contributed by atoms with Crippen LogP contribution < -0.4 is 0 Å². The van der Waals surface area contributed by atoms with Crippen LogP contribution in [-0.4, -0.2) is 56.6 Å². The van der Waals surface area contributed by atoms with Crippen LogP contribution in [-0.2, 0) is 11.3 Å². The molecule has 1 fully saturated rings. The molecule has 7 heteroatoms. The Morgan fingerprint density at radius 2 is 2.28 bits per heavy atom. The number of fused-ring (bicyclic) bond motifs is 1. The molecule has 134 valence electrons. The number of nitrogens with zero attached hydrogens (tertiary/aromatic N) is 5. The topological polar surface area (TPSA) is 53.7 Å². The average molecular weight is 359 g/mol. The summed E-state index contributed by atoms with van der Waals surface area (Å²) in [5.74, 6) is 1.71. The van der Waals surface area contributed by atoms with Gasteiger partial charge in [0.1, 0.15) is 5.82 Å². The van der Waals surface area contributed by atoms with E-state index < -0.39 is 0 Å². The van der Waals surface area contributed by atoms with Crippen LogP contribution in [0.25, 0.3) is 0 Å². The monoisotopic (exact) mass is 359 g/mol. The maximum Gasteiger partial charge on any atom is 0.228 e. The molecule has 0 radical (unpaired) electrons. The number of amides is 1. The molecule has 0 unspecified atom stereocenters. The predicted octanol–water partition coefficient (Wildman–Crippen LogP) is 2.65. The lowest BCUT2D eigenvalue weighted by Gasteiger charge is -2.33. The Hall–Kier alpha value is -1.76. The Bertz CT molecular complexity index is 710. The van der Waals surface area contributed by atoms with E-state index in [9.17, 15) is 4.79 Å². The zero-order chi connectivity index (χ0) is 17.2. The van der Waals surface area contributed by atoms with Gasteiger partial charge >= 0.3 is 0 Å². The van der Waals surface area contributed by atoms with Gasteiger partial charge in [0, 0.05) is 56.7 Å². The van der Waals surface area contributed by atoms with Gasteiger partial charge in [-0.15, -0.1) is 0 Å². The molecule has 1 amide bonds. The molecule has 0 aliphatic carbocycles. The molecule has 1 aromatic heterocycles. The van der Waals surface area contributed by atoms with Gasteiger partial charge in [-0.2, -0.15) is 0 Å². The highest BCUT2D eigenvalue weighted by Gasteiger charge is 2.31. The molecule has 3 aliphatic rings. The van der Waals surface area contributed by atoms with Crippen molar-refractivity contribution in [2.24, 2.45) is 4.99 Å². The maximum absolute atomic E-state index is 12.9. The van der Waals surface area contributed by atoms with Gasteiger partial charge in [-0.05, 0) is 31.6 Å². The number of rotatable bonds is 4. The van der Waals surface area contributed by atoms with E-state index >= 15 is 0 Å². The summed E-state index contributed by atoms with van der Waals surface area (Å²) in [6, 6.07) is 0. The second-order valence-electron chi connectivity index (χ2n) is 6.82. The van der Waals surface area contributed by atoms with Gasteiger partial charge in [0.2, 0.25) is 5.91 Å². The highest BCUT2D eigenvalue weighted by molar-refractivity contribution is 8.16. The minimum atomic E-state index is 0.234. The molecule has 0 aromatic carbocycles. The van der Waals surface area contributed by atoms with Crippen molar-refractivity contribution in [3.05, 3.63) is 29.3 Å². The van der Waals surface area contributed by atoms with Crippen LogP contribution in [0.15, 0.2) is 28.5 Å². The number of carbonyl (C=O) groups is 1. The van der Waals surface area contributed by atoms with Crippen LogP contribution in [0.3, 0.4) is 0 Å². The SMILES string of the molecule is CCn1ccnc1[C@@H]1CCCN(C(=O)CC2=CSC3=NCCCN23)C1. The number of amidine groups is 1. The van der Waals surface area contributed by atoms with Crippen molar-refractivity contribution in [2.75, 3.05) is 26.2 Å². The van der Waals surface area contributed by atoms with Crippen LogP contribution in [0.1, 0.15) is 44.3 Å². The van der Waals surface area contributed by atoms with E-state index in [1.54, 1.807) is 11.8 Å². The van der Waals surface area contributed by atoms with Crippen LogP contribution >= 0.6 is 11.8 Å². The zero-order valence-corrected chi connectivity index (χ0v) is 15.5. The molecule has 4 rings (SSSR count). The van der Waals surface area contributed by atoms with Crippen molar-refractivity contribution in [2.45, 2.75) is 45.1 Å². The molecule has 0 saturated carbocycles. The molecule has 0 bridgehead atoms. The first-order valence-corrected chi connectivity index (χ1v) is 10.1. The molecule has 25 heavy (non-hydrogen) atoms. The molecular weight excluding hydrogens is 334 g/mol. The van der Waals surface area contributed by atoms with Crippen molar-refractivity contribution in [3.8, 4) is 0 Å². The summed E-state index contributed by atoms with van der Waals surface area (Å²) >= 11 is 1.66. The van der Waals surface area contributed by atoms with Crippen LogP contribution in [0, 0.1) is 0 Å². The summed E-state index contributed by atoms with van der Waals surface area (Å²) in [7, 11) is 0. The minimum Gasteiger partial charge on any atom is -0.342 e. The van der Waals surface area contributed by atoms with Crippen molar-refractivity contribution in [1.29, 1.82) is 0 Å². The summed E-state index contributed by atoms with van der Waals surface area (Å²) in [5, 5.41) is 3.17. The molecular formula is C18H25N5OS. The van der Waals surface area contributed by atoms with E-state index in [1.807, 2.05) is 17.3 Å². The first kappa shape index (κ1) is 16.7. The number of thioether (sulfide) groups is 1. The predicted molar refractivity (Wildman–Crippen MR) is 100 cm³/mol. The third kappa shape index (κ3) is 3.34. The van der Waals surface area contributed by atoms with Crippen LogP contribution in [0.2, 0.25) is 0 Å². The summed E-state index contributed by atoms with van der Waals surface area (Å²) in [4.78, 5) is 26.2. The van der Waals surface area contributed by atoms with Gasteiger partial charge in [-0.3, -0.25) is 9.79 Å². The fraction of sp³-hybridized carbons (Fsp3) is 0.611. The Kier molecular flexibility index (Phi) is 4.83. The molecule has 3 aliphatic heterocycles. The van der Waals surface area contributed by atoms with Gasteiger partial charge in [0.05, 0.1) is 6.42 Å². The molecule has 1 aromatic rings. The lowest BCUT2D eigenvalue weighted by molar-refractivity contribution is -0.131. The van der Waals surface area contributed by atoms with Crippen LogP contribution in [0.4, 0.5) is 0 Å². The van der Waals surface area contributed by atoms with E-state index in [0.717, 1.165) is 68.7 Å². The van der Waals surface area contributed by atoms with Crippen LogP contribution in [0.5, 0.6) is 0 Å². The second kappa shape index (κ2) is 7.23. The molecule has 1 atom stereocenters. The number of imidazole rings is 1. The number of carbonyl (C=O) groups excluding carboxylic acids is 1. The molecule has 6 nitrogen and oxygen atoms in total. The largest absolute Gasteiger partial charge is 0.342 e. The Morgan fingerprint density at radius 1 is 1.36 bits per heavy atom. The number of hydrogen-bond acceptors (Lipinski definition) is 5. The average Bonchev–Trinajstić information content (AvgIpc) is 3.29. The maximum atomic E-state index is 12.9. The first-order valence-electron chi connectivity index (χ1n) is 9.22. The third-order valence-corrected chi connectivity index (χ3v) is 6.18. The smallest absolute Gasteiger partial charge is 0.228 e. The van der Waals surface area contributed by atoms with Gasteiger partial charge < -0.3 is 14.4 Å². The minimum absolute atomic E-state index is 0.234. The number of aromatic nitrogens is 2. The summed E-state index contributed by atoms with van der Waals surface area (Å²) in [5.41, 5.74) is 1.12. The lowest BCUT2D eigenvalue weighted by atomic mass is 9.96. The van der Waals surface area contributed by atoms with Gasteiger partial charge in [0.15, 0.2) is 5.17 Å². The Morgan fingerprint density at radius 3 is 3.16 bits per heavy atom. The Labute approximate surface area is 153 Å². The fourth-order valence-corrected chi connectivity index (χ4v) is 4.86. The normalized spacial score (nSPS) is 23.3. The fourth-order valence-electron chi connectivity index (χ4n) is 3.90. The quantitative estimate of drug-likeness (QED) is 0.829. The van der Waals surface area contributed by atoms with Gasteiger partial charge in [0.25, 0.3) is 0 Å². The Balaban J connectivity index is 1.41. The van der Waals surface area contributed by atoms with Crippen molar-refractivity contribution in [1.82, 2.24) is 19.4 Å². The van der Waals surface area contributed by atoms with E-state index in [2.05, 4.69) is 31.8 Å². The standard InChI is InChI=1S/C18H25N5OS/c1-2-21-10-7-19-17(21)14-5-3-8-22(12-14)16(24)11-15-13-25-18-20-6-4-9-23(15)18/h7,10,13-14H,2-6,8-9,11-12H2,1H3/t14-/m1/s1. The third-order valence-electron chi connectivity index (χ3n) is 5.22. The molecule has 0 N–H and O–H groups in total. The number of aryl methyl sites for hydroxylation is 1. The molecule has 1 saturated heterocycles. The number of likely N-dealkylation sites (tertiary alicyclic amines) is 1. The van der Waals surface area contributed by atoms with Crippen molar-refractivity contribution < 1.29 is 4.79 Å². The summed E-state index contributed by atoms with van der Waals surface area (Å²) in [6.45, 7) is 6.62. The highest BCUT2D eigenvalue weighted by Crippen LogP contribution is 2.32. The van der Waals surface area contributed by atoms with E-state index in [1.165, 1.54) is 0 Å². The van der Waals surface area contributed by atoms with Crippen molar-refractivity contribution >= 4 is 22.8 Å². The lowest BCUT2D eigenvalue weighted by Crippen LogP contribution is -2.41. The second-order valence-corrected chi connectivity index (χ2v) is 7.66. The van der Waals surface area contributed by atoms with Gasteiger partial charge in [-0.1, -0.05) is 11.8 Å². The highest BCUT2D eigenvalue weighted by atomic mass is 32.2. The van der Waals surface area contributed by atoms with Gasteiger partial charge in [-0.25, -0.2) is 4.98 Å².